The van der Waals surface area contributed by atoms with E-state index in [1.54, 1.807) is 0 Å². The number of nitrogens with one attached hydrogen (secondary N) is 1. The molecule has 0 fully saturated rings. The van der Waals surface area contributed by atoms with Gasteiger partial charge in [-0.2, -0.15) is 0 Å². The summed E-state index contributed by atoms with van der Waals surface area (Å²) in [7, 11) is 0. The van der Waals surface area contributed by atoms with E-state index in [1.807, 2.05) is 0 Å². The predicted octanol–water partition coefficient (Wildman–Crippen LogP) is 15.5. The third kappa shape index (κ3) is 42.6. The lowest BCUT2D eigenvalue weighted by atomic mass is 9.99. The van der Waals surface area contributed by atoms with Crippen LogP contribution in [-0.2, 0) is 4.79 Å². The lowest BCUT2D eigenvalue weighted by Gasteiger charge is -2.27. The Hall–Kier alpha value is -0.690. The second-order valence-electron chi connectivity index (χ2n) is 19.3. The average molecular weight is 852 g/mol. The lowest BCUT2D eigenvalue weighted by molar-refractivity contribution is -0.132. The van der Waals surface area contributed by atoms with Crippen LogP contribution in [0.5, 0.6) is 0 Å². The molecule has 0 aliphatic carbocycles. The fourth-order valence-electron chi connectivity index (χ4n) is 9.00. The van der Waals surface area contributed by atoms with Crippen LogP contribution in [0.3, 0.4) is 0 Å². The van der Waals surface area contributed by atoms with Gasteiger partial charge in [-0.25, -0.2) is 0 Å². The van der Waals surface area contributed by atoms with Crippen LogP contribution < -0.4 is 5.32 Å². The Bertz CT molecular complexity index is 826. The number of unbranched alkanes of at least 4 members (excludes halogenated alkanes) is 42. The molecular weight excluding hydrogens is 743 g/mol. The van der Waals surface area contributed by atoms with E-state index in [9.17, 15) is 25.2 Å². The highest BCUT2D eigenvalue weighted by Gasteiger charge is 2.28. The Labute approximate surface area is 375 Å². The highest BCUT2D eigenvalue weighted by atomic mass is 16.3. The zero-order valence-corrected chi connectivity index (χ0v) is 40.7. The smallest absolute Gasteiger partial charge is 0.249 e. The molecule has 0 saturated carbocycles. The van der Waals surface area contributed by atoms with Gasteiger partial charge in [-0.3, -0.25) is 4.79 Å². The van der Waals surface area contributed by atoms with Gasteiger partial charge in [0.25, 0.3) is 0 Å². The molecule has 5 N–H and O–H groups in total. The molecule has 360 valence electrons. The molecule has 4 unspecified atom stereocenters. The fourth-order valence-corrected chi connectivity index (χ4v) is 9.00. The predicted molar refractivity (Wildman–Crippen MR) is 261 cm³/mol. The summed E-state index contributed by atoms with van der Waals surface area (Å²) in [5.41, 5.74) is 0. The summed E-state index contributed by atoms with van der Waals surface area (Å²) in [6, 6.07) is -0.980. The first kappa shape index (κ1) is 59.3. The molecule has 0 aromatic carbocycles. The fraction of sp³-hybridized carbons (Fsp3) is 0.981. The summed E-state index contributed by atoms with van der Waals surface area (Å²) >= 11 is 0. The minimum absolute atomic E-state index is 0.376. The molecular formula is C54H109NO5. The van der Waals surface area contributed by atoms with Crippen molar-refractivity contribution in [2.45, 2.75) is 334 Å². The molecule has 0 heterocycles. The maximum atomic E-state index is 12.6. The van der Waals surface area contributed by atoms with Crippen LogP contribution in [0.15, 0.2) is 0 Å². The summed E-state index contributed by atoms with van der Waals surface area (Å²) in [4.78, 5) is 12.6. The highest BCUT2D eigenvalue weighted by Crippen LogP contribution is 2.19. The quantitative estimate of drug-likeness (QED) is 0.0392. The minimum atomic E-state index is -1.25. The van der Waals surface area contributed by atoms with E-state index in [0.29, 0.717) is 12.8 Å². The van der Waals surface area contributed by atoms with Crippen molar-refractivity contribution in [1.82, 2.24) is 5.32 Å². The molecule has 0 rings (SSSR count). The Balaban J connectivity index is 3.59. The maximum Gasteiger partial charge on any atom is 0.249 e. The van der Waals surface area contributed by atoms with Crippen molar-refractivity contribution >= 4 is 5.91 Å². The van der Waals surface area contributed by atoms with E-state index in [-0.39, 0.29) is 0 Å². The number of aliphatic hydroxyl groups is 4. The number of amides is 1. The molecule has 6 nitrogen and oxygen atoms in total. The zero-order chi connectivity index (χ0) is 43.8. The Morgan fingerprint density at radius 1 is 0.350 bits per heavy atom. The molecule has 0 aromatic rings. The highest BCUT2D eigenvalue weighted by molar-refractivity contribution is 5.80. The minimum Gasteiger partial charge on any atom is -0.394 e. The Kier molecular flexibility index (Phi) is 48.8. The van der Waals surface area contributed by atoms with Gasteiger partial charge in [0.1, 0.15) is 12.2 Å². The number of hydrogen-bond acceptors (Lipinski definition) is 5. The second-order valence-corrected chi connectivity index (χ2v) is 19.3. The van der Waals surface area contributed by atoms with Crippen molar-refractivity contribution in [3.63, 3.8) is 0 Å². The first-order chi connectivity index (χ1) is 29.5. The molecule has 0 radical (unpaired) electrons. The number of rotatable bonds is 51. The monoisotopic (exact) mass is 852 g/mol. The van der Waals surface area contributed by atoms with E-state index in [1.165, 1.54) is 244 Å². The van der Waals surface area contributed by atoms with Crippen molar-refractivity contribution in [1.29, 1.82) is 0 Å². The first-order valence-electron chi connectivity index (χ1n) is 27.4. The third-order valence-electron chi connectivity index (χ3n) is 13.3. The van der Waals surface area contributed by atoms with Gasteiger partial charge in [-0.05, 0) is 12.8 Å². The molecule has 0 aliphatic rings. The van der Waals surface area contributed by atoms with Crippen LogP contribution in [0.4, 0.5) is 0 Å². The van der Waals surface area contributed by atoms with Crippen LogP contribution in [0.2, 0.25) is 0 Å². The van der Waals surface area contributed by atoms with Gasteiger partial charge in [-0.1, -0.05) is 296 Å². The van der Waals surface area contributed by atoms with Crippen LogP contribution in [0, 0.1) is 0 Å². The summed E-state index contributed by atoms with van der Waals surface area (Å²) in [5, 5.41) is 44.0. The molecule has 4 atom stereocenters. The number of aliphatic hydroxyl groups excluding tert-OH is 4. The standard InChI is InChI=1S/C54H109NO5/c1-3-5-7-9-11-13-15-17-19-21-23-24-25-26-27-28-30-31-33-35-37-39-41-43-45-47-51(57)53(59)50(49-56)55-54(60)52(58)48-46-44-42-40-38-36-34-32-29-22-20-18-16-14-12-10-8-6-4-2/h50-53,56-59H,3-49H2,1-2H3,(H,55,60). The summed E-state index contributed by atoms with van der Waals surface area (Å²) in [6.07, 6.45) is 55.9. The van der Waals surface area contributed by atoms with E-state index in [4.69, 9.17) is 0 Å². The summed E-state index contributed by atoms with van der Waals surface area (Å²) < 4.78 is 0. The molecule has 60 heavy (non-hydrogen) atoms. The number of carbonyl (C=O) groups excluding carboxylic acids is 1. The maximum absolute atomic E-state index is 12.6. The topological polar surface area (TPSA) is 110 Å². The molecule has 0 aromatic heterocycles. The van der Waals surface area contributed by atoms with Gasteiger partial charge in [0.2, 0.25) is 5.91 Å². The molecule has 0 saturated heterocycles. The largest absolute Gasteiger partial charge is 0.394 e. The Morgan fingerprint density at radius 3 is 0.800 bits per heavy atom. The normalized spacial score (nSPS) is 13.8. The summed E-state index contributed by atoms with van der Waals surface area (Å²) in [5.74, 6) is -0.576. The van der Waals surface area contributed by atoms with E-state index in [2.05, 4.69) is 19.2 Å². The van der Waals surface area contributed by atoms with Crippen molar-refractivity contribution in [3.05, 3.63) is 0 Å². The molecule has 0 aliphatic heterocycles. The van der Waals surface area contributed by atoms with Crippen LogP contribution in [0.25, 0.3) is 0 Å². The van der Waals surface area contributed by atoms with Crippen LogP contribution in [-0.4, -0.2) is 57.3 Å². The van der Waals surface area contributed by atoms with Gasteiger partial charge >= 0.3 is 0 Å². The number of carbonyl (C=O) groups is 1. The first-order valence-corrected chi connectivity index (χ1v) is 27.4. The van der Waals surface area contributed by atoms with Crippen molar-refractivity contribution < 1.29 is 25.2 Å². The van der Waals surface area contributed by atoms with Crippen molar-refractivity contribution in [2.75, 3.05) is 6.61 Å². The van der Waals surface area contributed by atoms with Crippen LogP contribution >= 0.6 is 0 Å². The van der Waals surface area contributed by atoms with Crippen molar-refractivity contribution in [3.8, 4) is 0 Å². The Morgan fingerprint density at radius 2 is 0.567 bits per heavy atom. The van der Waals surface area contributed by atoms with Gasteiger partial charge in [0.05, 0.1) is 18.8 Å². The van der Waals surface area contributed by atoms with E-state index < -0.39 is 36.9 Å². The zero-order valence-electron chi connectivity index (χ0n) is 40.7. The lowest BCUT2D eigenvalue weighted by Crippen LogP contribution is -2.53. The summed E-state index contributed by atoms with van der Waals surface area (Å²) in [6.45, 7) is 4.10. The van der Waals surface area contributed by atoms with Gasteiger partial charge in [0.15, 0.2) is 0 Å². The third-order valence-corrected chi connectivity index (χ3v) is 13.3. The van der Waals surface area contributed by atoms with Gasteiger partial charge in [0, 0.05) is 0 Å². The van der Waals surface area contributed by atoms with Crippen LogP contribution in [0.1, 0.15) is 309 Å². The van der Waals surface area contributed by atoms with Gasteiger partial charge in [-0.15, -0.1) is 0 Å². The average Bonchev–Trinajstić information content (AvgIpc) is 3.25. The molecule has 0 spiro atoms. The molecule has 1 amide bonds. The van der Waals surface area contributed by atoms with Crippen molar-refractivity contribution in [2.24, 2.45) is 0 Å². The molecule has 0 bridgehead atoms. The molecule has 6 heteroatoms. The van der Waals surface area contributed by atoms with E-state index in [0.717, 1.165) is 38.5 Å². The van der Waals surface area contributed by atoms with Gasteiger partial charge < -0.3 is 25.7 Å². The number of hydrogen-bond donors (Lipinski definition) is 5. The SMILES string of the molecule is CCCCCCCCCCCCCCCCCCCCCCCCCCCC(O)C(O)C(CO)NC(=O)C(O)CCCCCCCCCCCCCCCCCCCCC. The second kappa shape index (κ2) is 49.3. The van der Waals surface area contributed by atoms with E-state index >= 15 is 0 Å².